The van der Waals surface area contributed by atoms with E-state index < -0.39 is 0 Å². The first-order chi connectivity index (χ1) is 19.6. The molecule has 6 aromatic rings. The van der Waals surface area contributed by atoms with Crippen molar-refractivity contribution in [2.24, 2.45) is 0 Å². The summed E-state index contributed by atoms with van der Waals surface area (Å²) in [6, 6.07) is 20.8. The maximum Gasteiger partial charge on any atom is 0.322 e. The molecule has 1 aliphatic rings. The molecule has 9 nitrogen and oxygen atoms in total. The fraction of sp³-hybridized carbons (Fsp3) is 0.133. The molecule has 198 valence electrons. The van der Waals surface area contributed by atoms with Crippen LogP contribution in [0, 0.1) is 3.57 Å². The third kappa shape index (κ3) is 4.69. The molecule has 2 amide bonds. The molecule has 7 rings (SSSR count). The molecular formula is C30H24IN7O2. The average Bonchev–Trinajstić information content (AvgIpc) is 3.61. The number of fused-ring (bicyclic) bond motifs is 2. The van der Waals surface area contributed by atoms with E-state index in [1.54, 1.807) is 23.5 Å². The van der Waals surface area contributed by atoms with Crippen molar-refractivity contribution in [3.8, 4) is 33.6 Å². The van der Waals surface area contributed by atoms with Crippen molar-refractivity contribution >= 4 is 56.2 Å². The van der Waals surface area contributed by atoms with Crippen LogP contribution in [0.3, 0.4) is 0 Å². The fourth-order valence-corrected chi connectivity index (χ4v) is 5.64. The minimum absolute atomic E-state index is 0.156. The number of hydrogen-bond acceptors (Lipinski definition) is 5. The topological polar surface area (TPSA) is 112 Å². The number of amides is 2. The number of anilines is 1. The molecule has 0 spiro atoms. The van der Waals surface area contributed by atoms with E-state index in [2.05, 4.69) is 108 Å². The largest absolute Gasteiger partial charge is 0.378 e. The van der Waals surface area contributed by atoms with Gasteiger partial charge in [-0.2, -0.15) is 5.10 Å². The highest BCUT2D eigenvalue weighted by atomic mass is 127. The number of rotatable bonds is 4. The summed E-state index contributed by atoms with van der Waals surface area (Å²) in [6.07, 6.45) is 5.19. The molecule has 0 saturated carbocycles. The number of carbonyl (C=O) groups is 1. The summed E-state index contributed by atoms with van der Waals surface area (Å²) >= 11 is 2.34. The first-order valence-electron chi connectivity index (χ1n) is 12.9. The van der Waals surface area contributed by atoms with E-state index in [9.17, 15) is 4.79 Å². The minimum atomic E-state index is -0.156. The first-order valence-corrected chi connectivity index (χ1v) is 14.0. The Bertz CT molecular complexity index is 1870. The van der Waals surface area contributed by atoms with Crippen LogP contribution in [0.2, 0.25) is 0 Å². The molecule has 5 heterocycles. The molecule has 10 heteroatoms. The number of halogens is 1. The number of urea groups is 1. The number of ether oxygens (including phenoxy) is 1. The highest BCUT2D eigenvalue weighted by molar-refractivity contribution is 14.1. The predicted octanol–water partition coefficient (Wildman–Crippen LogP) is 6.30. The van der Waals surface area contributed by atoms with E-state index in [-0.39, 0.29) is 6.03 Å². The van der Waals surface area contributed by atoms with Crippen molar-refractivity contribution in [1.29, 1.82) is 0 Å². The monoisotopic (exact) mass is 641 g/mol. The van der Waals surface area contributed by atoms with E-state index >= 15 is 0 Å². The lowest BCUT2D eigenvalue weighted by molar-refractivity contribution is 0.0564. The number of nitrogens with zero attached hydrogens (tertiary/aromatic N) is 4. The van der Waals surface area contributed by atoms with Crippen molar-refractivity contribution in [3.05, 3.63) is 82.8 Å². The third-order valence-electron chi connectivity index (χ3n) is 7.10. The second-order valence-corrected chi connectivity index (χ2v) is 10.9. The summed E-state index contributed by atoms with van der Waals surface area (Å²) in [5.41, 5.74) is 8.15. The molecule has 0 atom stereocenters. The number of nitrogens with one attached hydrogen (secondary N) is 3. The molecule has 0 aliphatic carbocycles. The number of pyridine rings is 2. The highest BCUT2D eigenvalue weighted by Crippen LogP contribution is 2.35. The SMILES string of the molecule is O=C(Nc1cncc(-c2cnc3n[nH]c(-c4cc5c(-c6cccc(I)c6)cccc5[nH]4)c3c2)c1)N1CCOCC1. The molecule has 40 heavy (non-hydrogen) atoms. The zero-order chi connectivity index (χ0) is 27.1. The Kier molecular flexibility index (Phi) is 6.40. The van der Waals surface area contributed by atoms with Crippen LogP contribution in [0.4, 0.5) is 10.5 Å². The lowest BCUT2D eigenvalue weighted by Gasteiger charge is -2.26. The van der Waals surface area contributed by atoms with E-state index in [0.29, 0.717) is 37.6 Å². The Balaban J connectivity index is 1.23. The Hall–Kier alpha value is -4.29. The van der Waals surface area contributed by atoms with Gasteiger partial charge in [0.05, 0.1) is 36.5 Å². The average molecular weight is 641 g/mol. The van der Waals surface area contributed by atoms with E-state index in [1.807, 2.05) is 6.07 Å². The van der Waals surface area contributed by atoms with Crippen molar-refractivity contribution in [2.75, 3.05) is 31.6 Å². The van der Waals surface area contributed by atoms with Gasteiger partial charge in [0.25, 0.3) is 0 Å². The van der Waals surface area contributed by atoms with Gasteiger partial charge in [-0.15, -0.1) is 0 Å². The Morgan fingerprint density at radius 3 is 2.65 bits per heavy atom. The van der Waals surface area contributed by atoms with Crippen LogP contribution in [-0.4, -0.2) is 62.4 Å². The van der Waals surface area contributed by atoms with Crippen LogP contribution in [0.25, 0.3) is 55.6 Å². The summed E-state index contributed by atoms with van der Waals surface area (Å²) < 4.78 is 6.54. The van der Waals surface area contributed by atoms with Gasteiger partial charge in [-0.1, -0.05) is 24.3 Å². The fourth-order valence-electron chi connectivity index (χ4n) is 5.10. The second kappa shape index (κ2) is 10.4. The number of aromatic amines is 2. The van der Waals surface area contributed by atoms with Gasteiger partial charge in [0.2, 0.25) is 0 Å². The summed E-state index contributed by atoms with van der Waals surface area (Å²) in [5.74, 6) is 0. The molecule has 0 bridgehead atoms. The standard InChI is InChI=1S/C30H24IN7O2/c31-21-4-1-3-18(11-21)23-5-2-6-26-24(23)14-27(35-26)28-25-13-20(16-33-29(25)37-36-28)19-12-22(17-32-15-19)34-30(39)38-7-9-40-10-8-38/h1-6,11-17,35H,7-10H2,(H,34,39)(H,33,36,37). The maximum absolute atomic E-state index is 12.7. The van der Waals surface area contributed by atoms with Gasteiger partial charge in [0.15, 0.2) is 5.65 Å². The van der Waals surface area contributed by atoms with Gasteiger partial charge in [-0.05, 0) is 70.1 Å². The van der Waals surface area contributed by atoms with E-state index in [4.69, 9.17) is 4.74 Å². The van der Waals surface area contributed by atoms with Gasteiger partial charge in [-0.25, -0.2) is 9.78 Å². The maximum atomic E-state index is 12.7. The number of hydrogen-bond donors (Lipinski definition) is 3. The van der Waals surface area contributed by atoms with Gasteiger partial charge >= 0.3 is 6.03 Å². The van der Waals surface area contributed by atoms with Gasteiger partial charge < -0.3 is 19.9 Å². The number of H-pyrrole nitrogens is 2. The minimum Gasteiger partial charge on any atom is -0.378 e. The van der Waals surface area contributed by atoms with Crippen LogP contribution < -0.4 is 5.32 Å². The van der Waals surface area contributed by atoms with Crippen molar-refractivity contribution in [1.82, 2.24) is 30.0 Å². The van der Waals surface area contributed by atoms with Crippen LogP contribution in [0.1, 0.15) is 0 Å². The highest BCUT2D eigenvalue weighted by Gasteiger charge is 2.18. The quantitative estimate of drug-likeness (QED) is 0.196. The molecule has 1 fully saturated rings. The molecule has 0 unspecified atom stereocenters. The van der Waals surface area contributed by atoms with Crippen LogP contribution in [0.5, 0.6) is 0 Å². The van der Waals surface area contributed by atoms with Crippen LogP contribution in [-0.2, 0) is 4.74 Å². The Labute approximate surface area is 243 Å². The zero-order valence-electron chi connectivity index (χ0n) is 21.3. The van der Waals surface area contributed by atoms with Crippen LogP contribution >= 0.6 is 22.6 Å². The Morgan fingerprint density at radius 2 is 1.77 bits per heavy atom. The predicted molar refractivity (Wildman–Crippen MR) is 164 cm³/mol. The van der Waals surface area contributed by atoms with Gasteiger partial charge in [0.1, 0.15) is 0 Å². The lowest BCUT2D eigenvalue weighted by atomic mass is 10.0. The molecule has 0 radical (unpaired) electrons. The smallest absolute Gasteiger partial charge is 0.322 e. The summed E-state index contributed by atoms with van der Waals surface area (Å²) in [7, 11) is 0. The number of morpholine rings is 1. The van der Waals surface area contributed by atoms with Gasteiger partial charge in [-0.3, -0.25) is 10.1 Å². The Morgan fingerprint density at radius 1 is 0.925 bits per heavy atom. The number of benzene rings is 2. The van der Waals surface area contributed by atoms with Crippen molar-refractivity contribution in [2.45, 2.75) is 0 Å². The van der Waals surface area contributed by atoms with Crippen molar-refractivity contribution < 1.29 is 9.53 Å². The normalized spacial score (nSPS) is 13.7. The molecule has 2 aromatic carbocycles. The summed E-state index contributed by atoms with van der Waals surface area (Å²) in [4.78, 5) is 26.9. The molecular weight excluding hydrogens is 617 g/mol. The van der Waals surface area contributed by atoms with Gasteiger partial charge in [0, 0.05) is 56.5 Å². The molecule has 1 aliphatic heterocycles. The number of carbonyl (C=O) groups excluding carboxylic acids is 1. The summed E-state index contributed by atoms with van der Waals surface area (Å²) in [5, 5.41) is 12.6. The van der Waals surface area contributed by atoms with Crippen molar-refractivity contribution in [3.63, 3.8) is 0 Å². The molecule has 4 aromatic heterocycles. The van der Waals surface area contributed by atoms with E-state index in [0.717, 1.165) is 38.8 Å². The second-order valence-electron chi connectivity index (χ2n) is 9.65. The molecule has 3 N–H and O–H groups in total. The van der Waals surface area contributed by atoms with Crippen LogP contribution in [0.15, 0.2) is 79.3 Å². The number of aromatic nitrogens is 5. The lowest BCUT2D eigenvalue weighted by Crippen LogP contribution is -2.43. The first kappa shape index (κ1) is 24.7. The molecule has 1 saturated heterocycles. The summed E-state index contributed by atoms with van der Waals surface area (Å²) in [6.45, 7) is 2.24. The third-order valence-corrected chi connectivity index (χ3v) is 7.77. The van der Waals surface area contributed by atoms with E-state index in [1.165, 1.54) is 14.7 Å². The zero-order valence-corrected chi connectivity index (χ0v) is 23.5.